The highest BCUT2D eigenvalue weighted by Gasteiger charge is 2.12. The number of benzene rings is 1. The molecule has 2 rings (SSSR count). The van der Waals surface area contributed by atoms with Crippen LogP contribution in [0.3, 0.4) is 0 Å². The minimum absolute atomic E-state index is 0.0357. The van der Waals surface area contributed by atoms with Gasteiger partial charge in [0.1, 0.15) is 5.75 Å². The SMILES string of the molecule is O=C(O)CCOc1cccc(N2CCCC2)c1. The van der Waals surface area contributed by atoms with Crippen molar-refractivity contribution in [3.05, 3.63) is 24.3 Å². The Morgan fingerprint density at radius 3 is 2.82 bits per heavy atom. The number of carboxylic acid groups (broad SMARTS) is 1. The van der Waals surface area contributed by atoms with Gasteiger partial charge in [-0.2, -0.15) is 0 Å². The molecular weight excluding hydrogens is 218 g/mol. The van der Waals surface area contributed by atoms with Gasteiger partial charge in [-0.1, -0.05) is 6.07 Å². The molecule has 0 aromatic heterocycles. The van der Waals surface area contributed by atoms with Crippen molar-refractivity contribution >= 4 is 11.7 Å². The van der Waals surface area contributed by atoms with Crippen LogP contribution in [0.1, 0.15) is 19.3 Å². The Kier molecular flexibility index (Phi) is 3.85. The summed E-state index contributed by atoms with van der Waals surface area (Å²) < 4.78 is 5.41. The normalized spacial score (nSPS) is 14.9. The lowest BCUT2D eigenvalue weighted by molar-refractivity contribution is -0.137. The number of carbonyl (C=O) groups is 1. The molecule has 1 heterocycles. The van der Waals surface area contributed by atoms with Crippen molar-refractivity contribution in [2.24, 2.45) is 0 Å². The first kappa shape index (κ1) is 11.8. The number of carboxylic acids is 1. The first-order chi connectivity index (χ1) is 8.25. The van der Waals surface area contributed by atoms with Gasteiger partial charge >= 0.3 is 5.97 Å². The van der Waals surface area contributed by atoms with Gasteiger partial charge in [0, 0.05) is 24.8 Å². The summed E-state index contributed by atoms with van der Waals surface area (Å²) in [5, 5.41) is 8.53. The Hall–Kier alpha value is -1.71. The van der Waals surface area contributed by atoms with Gasteiger partial charge in [0.05, 0.1) is 13.0 Å². The molecule has 0 atom stereocenters. The second-order valence-corrected chi connectivity index (χ2v) is 4.18. The maximum absolute atomic E-state index is 10.4. The van der Waals surface area contributed by atoms with Crippen LogP contribution in [0.15, 0.2) is 24.3 Å². The second-order valence-electron chi connectivity index (χ2n) is 4.18. The molecule has 0 amide bonds. The van der Waals surface area contributed by atoms with Crippen molar-refractivity contribution in [1.29, 1.82) is 0 Å². The average molecular weight is 235 g/mol. The fourth-order valence-electron chi connectivity index (χ4n) is 2.00. The minimum Gasteiger partial charge on any atom is -0.493 e. The summed E-state index contributed by atoms with van der Waals surface area (Å²) in [6.45, 7) is 2.41. The zero-order chi connectivity index (χ0) is 12.1. The van der Waals surface area contributed by atoms with E-state index in [9.17, 15) is 4.79 Å². The summed E-state index contributed by atoms with van der Waals surface area (Å²) in [5.74, 6) is -0.0867. The number of hydrogen-bond donors (Lipinski definition) is 1. The predicted molar refractivity (Wildman–Crippen MR) is 65.6 cm³/mol. The van der Waals surface area contributed by atoms with E-state index in [2.05, 4.69) is 11.0 Å². The highest BCUT2D eigenvalue weighted by Crippen LogP contribution is 2.24. The van der Waals surface area contributed by atoms with E-state index in [1.807, 2.05) is 18.2 Å². The topological polar surface area (TPSA) is 49.8 Å². The first-order valence-electron chi connectivity index (χ1n) is 5.95. The average Bonchev–Trinajstić information content (AvgIpc) is 2.82. The molecule has 1 fully saturated rings. The van der Waals surface area contributed by atoms with Crippen LogP contribution in [0.4, 0.5) is 5.69 Å². The van der Waals surface area contributed by atoms with E-state index in [0.717, 1.165) is 24.5 Å². The van der Waals surface area contributed by atoms with Crippen LogP contribution >= 0.6 is 0 Å². The molecule has 1 aromatic carbocycles. The van der Waals surface area contributed by atoms with Crippen molar-refractivity contribution < 1.29 is 14.6 Å². The molecule has 1 aliphatic heterocycles. The van der Waals surface area contributed by atoms with Crippen LogP contribution in [0.25, 0.3) is 0 Å². The van der Waals surface area contributed by atoms with Gasteiger partial charge in [-0.15, -0.1) is 0 Å². The molecule has 0 bridgehead atoms. The van der Waals surface area contributed by atoms with Gasteiger partial charge in [0.2, 0.25) is 0 Å². The second kappa shape index (κ2) is 5.57. The van der Waals surface area contributed by atoms with E-state index in [1.165, 1.54) is 12.8 Å². The molecule has 1 aliphatic rings. The molecule has 1 aromatic rings. The largest absolute Gasteiger partial charge is 0.493 e. The molecule has 1 N–H and O–H groups in total. The third kappa shape index (κ3) is 3.37. The Morgan fingerprint density at radius 1 is 1.35 bits per heavy atom. The molecule has 0 unspecified atom stereocenters. The van der Waals surface area contributed by atoms with E-state index in [0.29, 0.717) is 0 Å². The Bertz CT molecular complexity index is 386. The lowest BCUT2D eigenvalue weighted by Gasteiger charge is -2.18. The summed E-state index contributed by atoms with van der Waals surface area (Å²) in [6, 6.07) is 7.85. The van der Waals surface area contributed by atoms with E-state index in [4.69, 9.17) is 9.84 Å². The fourth-order valence-corrected chi connectivity index (χ4v) is 2.00. The smallest absolute Gasteiger partial charge is 0.306 e. The summed E-state index contributed by atoms with van der Waals surface area (Å²) in [4.78, 5) is 12.7. The molecule has 0 spiro atoms. The zero-order valence-electron chi connectivity index (χ0n) is 9.76. The van der Waals surface area contributed by atoms with Crippen LogP contribution in [0.5, 0.6) is 5.75 Å². The van der Waals surface area contributed by atoms with E-state index in [-0.39, 0.29) is 13.0 Å². The zero-order valence-corrected chi connectivity index (χ0v) is 9.76. The third-order valence-corrected chi connectivity index (χ3v) is 2.87. The fraction of sp³-hybridized carbons (Fsp3) is 0.462. The highest BCUT2D eigenvalue weighted by molar-refractivity contribution is 5.66. The van der Waals surface area contributed by atoms with Gasteiger partial charge in [0.15, 0.2) is 0 Å². The summed E-state index contributed by atoms with van der Waals surface area (Å²) in [7, 11) is 0. The van der Waals surface area contributed by atoms with Gasteiger partial charge < -0.3 is 14.7 Å². The van der Waals surface area contributed by atoms with Crippen molar-refractivity contribution in [3.8, 4) is 5.75 Å². The lowest BCUT2D eigenvalue weighted by Crippen LogP contribution is -2.17. The molecule has 0 aliphatic carbocycles. The van der Waals surface area contributed by atoms with Gasteiger partial charge in [-0.25, -0.2) is 0 Å². The Balaban J connectivity index is 1.93. The third-order valence-electron chi connectivity index (χ3n) is 2.87. The van der Waals surface area contributed by atoms with Crippen LogP contribution in [0.2, 0.25) is 0 Å². The van der Waals surface area contributed by atoms with Crippen LogP contribution in [-0.2, 0) is 4.79 Å². The maximum atomic E-state index is 10.4. The summed E-state index contributed by atoms with van der Waals surface area (Å²) in [6.07, 6.45) is 2.52. The lowest BCUT2D eigenvalue weighted by atomic mass is 10.3. The Morgan fingerprint density at radius 2 is 2.12 bits per heavy atom. The predicted octanol–water partition coefficient (Wildman–Crippen LogP) is 2.14. The van der Waals surface area contributed by atoms with Crippen LogP contribution in [0, 0.1) is 0 Å². The highest BCUT2D eigenvalue weighted by atomic mass is 16.5. The van der Waals surface area contributed by atoms with E-state index >= 15 is 0 Å². The van der Waals surface area contributed by atoms with E-state index in [1.54, 1.807) is 0 Å². The number of ether oxygens (including phenoxy) is 1. The van der Waals surface area contributed by atoms with Gasteiger partial charge in [0.25, 0.3) is 0 Å². The first-order valence-corrected chi connectivity index (χ1v) is 5.95. The quantitative estimate of drug-likeness (QED) is 0.849. The summed E-state index contributed by atoms with van der Waals surface area (Å²) >= 11 is 0. The molecule has 92 valence electrons. The molecule has 1 saturated heterocycles. The maximum Gasteiger partial charge on any atom is 0.306 e. The standard InChI is InChI=1S/C13H17NO3/c15-13(16)6-9-17-12-5-3-4-11(10-12)14-7-1-2-8-14/h3-5,10H,1-2,6-9H2,(H,15,16). The van der Waals surface area contributed by atoms with Crippen molar-refractivity contribution in [1.82, 2.24) is 0 Å². The van der Waals surface area contributed by atoms with Crippen LogP contribution in [-0.4, -0.2) is 30.8 Å². The molecule has 4 heteroatoms. The van der Waals surface area contributed by atoms with Crippen molar-refractivity contribution in [2.75, 3.05) is 24.6 Å². The van der Waals surface area contributed by atoms with Crippen molar-refractivity contribution in [3.63, 3.8) is 0 Å². The number of hydrogen-bond acceptors (Lipinski definition) is 3. The molecule has 0 radical (unpaired) electrons. The molecular formula is C13H17NO3. The number of anilines is 1. The monoisotopic (exact) mass is 235 g/mol. The summed E-state index contributed by atoms with van der Waals surface area (Å²) in [5.41, 5.74) is 1.16. The Labute approximate surface area is 101 Å². The van der Waals surface area contributed by atoms with E-state index < -0.39 is 5.97 Å². The number of aliphatic carboxylic acids is 1. The van der Waals surface area contributed by atoms with Crippen molar-refractivity contribution in [2.45, 2.75) is 19.3 Å². The van der Waals surface area contributed by atoms with Crippen LogP contribution < -0.4 is 9.64 Å². The molecule has 17 heavy (non-hydrogen) atoms. The minimum atomic E-state index is -0.833. The van der Waals surface area contributed by atoms with Gasteiger partial charge in [-0.05, 0) is 25.0 Å². The molecule has 0 saturated carbocycles. The number of nitrogens with zero attached hydrogens (tertiary/aromatic N) is 1. The molecule has 4 nitrogen and oxygen atoms in total. The van der Waals surface area contributed by atoms with Gasteiger partial charge in [-0.3, -0.25) is 4.79 Å². The number of rotatable bonds is 5.